The molecule has 19 heavy (non-hydrogen) atoms. The van der Waals surface area contributed by atoms with Gasteiger partial charge in [0.25, 0.3) is 0 Å². The van der Waals surface area contributed by atoms with Crippen molar-refractivity contribution in [1.82, 2.24) is 9.78 Å². The number of carbonyl (C=O) groups excluding carboxylic acids is 1. The van der Waals surface area contributed by atoms with E-state index in [9.17, 15) is 4.79 Å². The number of carbonyl (C=O) groups is 1. The van der Waals surface area contributed by atoms with Crippen molar-refractivity contribution in [3.05, 3.63) is 47.8 Å². The number of aryl methyl sites for hydroxylation is 1. The standard InChI is InChI=1S/C14H17N3O2/c1-11-13(8-15-17(11)2)16-14(18)10-19-9-12-6-4-3-5-7-12/h3-8H,9-10H2,1-2H3,(H,16,18). The van der Waals surface area contributed by atoms with Crippen LogP contribution < -0.4 is 5.32 Å². The number of amides is 1. The fourth-order valence-electron chi connectivity index (χ4n) is 1.64. The molecule has 5 heteroatoms. The van der Waals surface area contributed by atoms with Crippen LogP contribution in [0.25, 0.3) is 0 Å². The third kappa shape index (κ3) is 3.66. The van der Waals surface area contributed by atoms with Crippen molar-refractivity contribution in [3.8, 4) is 0 Å². The molecule has 1 heterocycles. The molecule has 0 saturated heterocycles. The smallest absolute Gasteiger partial charge is 0.250 e. The van der Waals surface area contributed by atoms with Crippen LogP contribution in [0.4, 0.5) is 5.69 Å². The highest BCUT2D eigenvalue weighted by Crippen LogP contribution is 2.11. The summed E-state index contributed by atoms with van der Waals surface area (Å²) in [5.74, 6) is -0.174. The molecule has 1 N–H and O–H groups in total. The van der Waals surface area contributed by atoms with Crippen molar-refractivity contribution < 1.29 is 9.53 Å². The molecule has 0 aliphatic heterocycles. The Labute approximate surface area is 112 Å². The molecule has 100 valence electrons. The van der Waals surface area contributed by atoms with Gasteiger partial charge in [-0.2, -0.15) is 5.10 Å². The van der Waals surface area contributed by atoms with Crippen LogP contribution in [0.3, 0.4) is 0 Å². The second-order valence-corrected chi connectivity index (χ2v) is 4.29. The molecule has 0 spiro atoms. The number of nitrogens with zero attached hydrogens (tertiary/aromatic N) is 2. The molecule has 1 aromatic heterocycles. The fraction of sp³-hybridized carbons (Fsp3) is 0.286. The van der Waals surface area contributed by atoms with Gasteiger partial charge in [-0.25, -0.2) is 0 Å². The van der Waals surface area contributed by atoms with E-state index in [-0.39, 0.29) is 12.5 Å². The van der Waals surface area contributed by atoms with Gasteiger partial charge in [0.2, 0.25) is 5.91 Å². The van der Waals surface area contributed by atoms with Gasteiger partial charge in [-0.05, 0) is 12.5 Å². The van der Waals surface area contributed by atoms with Crippen LogP contribution in [0.15, 0.2) is 36.5 Å². The lowest BCUT2D eigenvalue weighted by Gasteiger charge is -2.06. The summed E-state index contributed by atoms with van der Waals surface area (Å²) < 4.78 is 7.07. The highest BCUT2D eigenvalue weighted by Gasteiger charge is 2.07. The van der Waals surface area contributed by atoms with E-state index < -0.39 is 0 Å². The van der Waals surface area contributed by atoms with Crippen LogP contribution in [0.2, 0.25) is 0 Å². The van der Waals surface area contributed by atoms with E-state index in [0.717, 1.165) is 16.9 Å². The molecule has 0 aliphatic carbocycles. The van der Waals surface area contributed by atoms with Gasteiger partial charge in [-0.3, -0.25) is 9.48 Å². The Kier molecular flexibility index (Phi) is 4.30. The van der Waals surface area contributed by atoms with Crippen molar-refractivity contribution in [2.24, 2.45) is 7.05 Å². The summed E-state index contributed by atoms with van der Waals surface area (Å²) in [6, 6.07) is 9.75. The van der Waals surface area contributed by atoms with E-state index in [1.807, 2.05) is 44.3 Å². The molecular weight excluding hydrogens is 242 g/mol. The number of rotatable bonds is 5. The maximum Gasteiger partial charge on any atom is 0.250 e. The van der Waals surface area contributed by atoms with Gasteiger partial charge in [-0.1, -0.05) is 30.3 Å². The molecule has 2 rings (SSSR count). The number of hydrogen-bond donors (Lipinski definition) is 1. The molecule has 2 aromatic rings. The first-order valence-electron chi connectivity index (χ1n) is 6.07. The van der Waals surface area contributed by atoms with Crippen molar-refractivity contribution >= 4 is 11.6 Å². The zero-order valence-corrected chi connectivity index (χ0v) is 11.1. The van der Waals surface area contributed by atoms with Gasteiger partial charge >= 0.3 is 0 Å². The molecule has 5 nitrogen and oxygen atoms in total. The highest BCUT2D eigenvalue weighted by atomic mass is 16.5. The molecule has 1 aromatic carbocycles. The summed E-state index contributed by atoms with van der Waals surface area (Å²) in [6.07, 6.45) is 1.63. The van der Waals surface area contributed by atoms with Gasteiger partial charge in [-0.15, -0.1) is 0 Å². The lowest BCUT2D eigenvalue weighted by Crippen LogP contribution is -2.18. The predicted octanol–water partition coefficient (Wildman–Crippen LogP) is 1.88. The van der Waals surface area contributed by atoms with E-state index in [4.69, 9.17) is 4.74 Å². The minimum Gasteiger partial charge on any atom is -0.367 e. The summed E-state index contributed by atoms with van der Waals surface area (Å²) in [7, 11) is 1.83. The van der Waals surface area contributed by atoms with Crippen molar-refractivity contribution in [2.45, 2.75) is 13.5 Å². The van der Waals surface area contributed by atoms with Crippen LogP contribution in [0.5, 0.6) is 0 Å². The highest BCUT2D eigenvalue weighted by molar-refractivity contribution is 5.92. The van der Waals surface area contributed by atoms with Crippen LogP contribution in [0.1, 0.15) is 11.3 Å². The lowest BCUT2D eigenvalue weighted by molar-refractivity contribution is -0.121. The molecule has 0 fully saturated rings. The minimum atomic E-state index is -0.174. The average molecular weight is 259 g/mol. The van der Waals surface area contributed by atoms with Gasteiger partial charge in [0, 0.05) is 7.05 Å². The van der Waals surface area contributed by atoms with E-state index in [2.05, 4.69) is 10.4 Å². The summed E-state index contributed by atoms with van der Waals surface area (Å²) in [5, 5.41) is 6.83. The maximum atomic E-state index is 11.7. The monoisotopic (exact) mass is 259 g/mol. The summed E-state index contributed by atoms with van der Waals surface area (Å²) in [4.78, 5) is 11.7. The number of ether oxygens (including phenoxy) is 1. The molecule has 0 atom stereocenters. The molecule has 0 radical (unpaired) electrons. The van der Waals surface area contributed by atoms with E-state index >= 15 is 0 Å². The Morgan fingerprint density at radius 2 is 2.11 bits per heavy atom. The number of benzene rings is 1. The summed E-state index contributed by atoms with van der Waals surface area (Å²) >= 11 is 0. The van der Waals surface area contributed by atoms with Crippen molar-refractivity contribution in [1.29, 1.82) is 0 Å². The van der Waals surface area contributed by atoms with E-state index in [1.165, 1.54) is 0 Å². The zero-order valence-electron chi connectivity index (χ0n) is 11.1. The Bertz CT molecular complexity index is 549. The number of nitrogens with one attached hydrogen (secondary N) is 1. The van der Waals surface area contributed by atoms with Gasteiger partial charge in [0.1, 0.15) is 6.61 Å². The first-order chi connectivity index (χ1) is 9.16. The van der Waals surface area contributed by atoms with Gasteiger partial charge in [0.05, 0.1) is 24.2 Å². The van der Waals surface area contributed by atoms with Crippen molar-refractivity contribution in [2.75, 3.05) is 11.9 Å². The van der Waals surface area contributed by atoms with Crippen LogP contribution >= 0.6 is 0 Å². The normalized spacial score (nSPS) is 10.4. The Morgan fingerprint density at radius 3 is 2.74 bits per heavy atom. The SMILES string of the molecule is Cc1c(NC(=O)COCc2ccccc2)cnn1C. The molecule has 0 unspecified atom stereocenters. The molecule has 1 amide bonds. The maximum absolute atomic E-state index is 11.7. The second-order valence-electron chi connectivity index (χ2n) is 4.29. The van der Waals surface area contributed by atoms with Gasteiger partial charge < -0.3 is 10.1 Å². The zero-order chi connectivity index (χ0) is 13.7. The number of anilines is 1. The summed E-state index contributed by atoms with van der Waals surface area (Å²) in [5.41, 5.74) is 2.68. The Balaban J connectivity index is 1.78. The van der Waals surface area contributed by atoms with Crippen molar-refractivity contribution in [3.63, 3.8) is 0 Å². The first-order valence-corrected chi connectivity index (χ1v) is 6.07. The van der Waals surface area contributed by atoms with Crippen LogP contribution in [0, 0.1) is 6.92 Å². The molecule has 0 aliphatic rings. The predicted molar refractivity (Wildman–Crippen MR) is 72.7 cm³/mol. The average Bonchev–Trinajstić information content (AvgIpc) is 2.72. The lowest BCUT2D eigenvalue weighted by atomic mass is 10.2. The molecule has 0 saturated carbocycles. The largest absolute Gasteiger partial charge is 0.367 e. The van der Waals surface area contributed by atoms with E-state index in [0.29, 0.717) is 6.61 Å². The van der Waals surface area contributed by atoms with E-state index in [1.54, 1.807) is 10.9 Å². The second kappa shape index (κ2) is 6.15. The Morgan fingerprint density at radius 1 is 1.37 bits per heavy atom. The summed E-state index contributed by atoms with van der Waals surface area (Å²) in [6.45, 7) is 2.36. The topological polar surface area (TPSA) is 56.1 Å². The third-order valence-electron chi connectivity index (χ3n) is 2.85. The molecule has 0 bridgehead atoms. The first kappa shape index (κ1) is 13.3. The molecular formula is C14H17N3O2. The Hall–Kier alpha value is -2.14. The minimum absolute atomic E-state index is 0.0310. The fourth-order valence-corrected chi connectivity index (χ4v) is 1.64. The van der Waals surface area contributed by atoms with Crippen LogP contribution in [-0.4, -0.2) is 22.3 Å². The van der Waals surface area contributed by atoms with Crippen LogP contribution in [-0.2, 0) is 23.2 Å². The number of hydrogen-bond acceptors (Lipinski definition) is 3. The number of aromatic nitrogens is 2. The quantitative estimate of drug-likeness (QED) is 0.892. The third-order valence-corrected chi connectivity index (χ3v) is 2.85. The van der Waals surface area contributed by atoms with Gasteiger partial charge in [0.15, 0.2) is 0 Å².